The first-order chi connectivity index (χ1) is 13.0. The SMILES string of the molecule is O=C1OC(=O)c2c1c1c3cc(F)ccc3[nH]c1c1[nH]c3ccc(F)cc3c21. The Balaban J connectivity index is 2.00. The molecular weight excluding hydrogens is 354 g/mol. The minimum Gasteiger partial charge on any atom is -0.386 e. The first-order valence-electron chi connectivity index (χ1n) is 8.17. The normalized spacial score (nSPS) is 14.0. The molecule has 130 valence electrons. The number of H-pyrrole nitrogens is 2. The van der Waals surface area contributed by atoms with Gasteiger partial charge in [-0.05, 0) is 36.4 Å². The van der Waals surface area contributed by atoms with Crippen molar-refractivity contribution in [2.45, 2.75) is 0 Å². The van der Waals surface area contributed by atoms with E-state index in [1.807, 2.05) is 0 Å². The summed E-state index contributed by atoms with van der Waals surface area (Å²) in [6.45, 7) is 0. The van der Waals surface area contributed by atoms with Gasteiger partial charge in [-0.25, -0.2) is 18.4 Å². The summed E-state index contributed by atoms with van der Waals surface area (Å²) < 4.78 is 32.5. The topological polar surface area (TPSA) is 75.0 Å². The number of ether oxygens (including phenoxy) is 1. The molecule has 0 saturated heterocycles. The van der Waals surface area contributed by atoms with Gasteiger partial charge in [-0.15, -0.1) is 0 Å². The Morgan fingerprint density at radius 1 is 0.704 bits per heavy atom. The lowest BCUT2D eigenvalue weighted by atomic mass is 9.96. The molecule has 0 unspecified atom stereocenters. The molecule has 0 saturated carbocycles. The highest BCUT2D eigenvalue weighted by Crippen LogP contribution is 2.43. The van der Waals surface area contributed by atoms with E-state index in [1.54, 1.807) is 12.1 Å². The third-order valence-corrected chi connectivity index (χ3v) is 5.11. The number of esters is 2. The molecule has 0 bridgehead atoms. The largest absolute Gasteiger partial charge is 0.386 e. The minimum atomic E-state index is -0.794. The van der Waals surface area contributed by atoms with Gasteiger partial charge in [0.1, 0.15) is 11.6 Å². The number of nitrogens with one attached hydrogen (secondary N) is 2. The first kappa shape index (κ1) is 14.4. The molecule has 7 heteroatoms. The molecule has 1 aliphatic rings. The summed E-state index contributed by atoms with van der Waals surface area (Å²) in [7, 11) is 0. The maximum Gasteiger partial charge on any atom is 0.347 e. The van der Waals surface area contributed by atoms with E-state index >= 15 is 0 Å². The van der Waals surface area contributed by atoms with Gasteiger partial charge >= 0.3 is 11.9 Å². The number of hydrogen-bond donors (Lipinski definition) is 2. The number of aromatic nitrogens is 2. The van der Waals surface area contributed by atoms with Crippen molar-refractivity contribution in [1.29, 1.82) is 0 Å². The summed E-state index contributed by atoms with van der Waals surface area (Å²) >= 11 is 0. The second-order valence-electron chi connectivity index (χ2n) is 6.56. The van der Waals surface area contributed by atoms with Crippen molar-refractivity contribution in [3.05, 3.63) is 59.2 Å². The molecule has 0 radical (unpaired) electrons. The third kappa shape index (κ3) is 1.66. The predicted octanol–water partition coefficient (Wildman–Crippen LogP) is 4.54. The van der Waals surface area contributed by atoms with Crippen molar-refractivity contribution >= 4 is 55.6 Å². The highest BCUT2D eigenvalue weighted by Gasteiger charge is 2.37. The smallest absolute Gasteiger partial charge is 0.347 e. The molecule has 3 aromatic carbocycles. The van der Waals surface area contributed by atoms with Crippen LogP contribution in [0.1, 0.15) is 20.7 Å². The lowest BCUT2D eigenvalue weighted by Gasteiger charge is -2.01. The first-order valence-corrected chi connectivity index (χ1v) is 8.17. The second kappa shape index (κ2) is 4.50. The van der Waals surface area contributed by atoms with E-state index in [0.29, 0.717) is 43.6 Å². The zero-order chi connectivity index (χ0) is 18.4. The summed E-state index contributed by atoms with van der Waals surface area (Å²) in [6, 6.07) is 8.34. The van der Waals surface area contributed by atoms with Crippen LogP contribution >= 0.6 is 0 Å². The number of rotatable bonds is 0. The number of cyclic esters (lactones) is 2. The Bertz CT molecular complexity index is 1400. The van der Waals surface area contributed by atoms with Gasteiger partial charge in [0.25, 0.3) is 0 Å². The van der Waals surface area contributed by atoms with E-state index in [-0.39, 0.29) is 11.1 Å². The van der Waals surface area contributed by atoms with Crippen LogP contribution < -0.4 is 0 Å². The summed E-state index contributed by atoms with van der Waals surface area (Å²) in [4.78, 5) is 31.3. The number of halogens is 2. The van der Waals surface area contributed by atoms with Gasteiger partial charge in [0.05, 0.1) is 22.2 Å². The van der Waals surface area contributed by atoms with Gasteiger partial charge in [0.15, 0.2) is 0 Å². The second-order valence-corrected chi connectivity index (χ2v) is 6.56. The zero-order valence-electron chi connectivity index (χ0n) is 13.4. The summed E-state index contributed by atoms with van der Waals surface area (Å²) in [6.07, 6.45) is 0. The van der Waals surface area contributed by atoms with E-state index in [4.69, 9.17) is 4.74 Å². The van der Waals surface area contributed by atoms with Crippen LogP contribution in [0, 0.1) is 11.6 Å². The summed E-state index contributed by atoms with van der Waals surface area (Å²) in [5, 5.41) is 1.77. The van der Waals surface area contributed by atoms with Gasteiger partial charge in [-0.3, -0.25) is 0 Å². The lowest BCUT2D eigenvalue weighted by Crippen LogP contribution is -1.97. The maximum absolute atomic E-state index is 13.8. The van der Waals surface area contributed by atoms with Crippen LogP contribution in [0.2, 0.25) is 0 Å². The Labute approximate surface area is 148 Å². The van der Waals surface area contributed by atoms with Crippen LogP contribution in [0.25, 0.3) is 43.6 Å². The Morgan fingerprint density at radius 3 is 1.59 bits per heavy atom. The lowest BCUT2D eigenvalue weighted by molar-refractivity contribution is 0.0445. The zero-order valence-corrected chi connectivity index (χ0v) is 13.4. The molecule has 2 N–H and O–H groups in total. The fourth-order valence-electron chi connectivity index (χ4n) is 4.07. The van der Waals surface area contributed by atoms with Crippen LogP contribution in [0.5, 0.6) is 0 Å². The van der Waals surface area contributed by atoms with Gasteiger partial charge in [0, 0.05) is 32.6 Å². The van der Waals surface area contributed by atoms with Crippen LogP contribution in [0.4, 0.5) is 8.78 Å². The quantitative estimate of drug-likeness (QED) is 0.314. The number of fused-ring (bicyclic) bond motifs is 10. The number of aromatic amines is 2. The molecule has 0 fully saturated rings. The van der Waals surface area contributed by atoms with Crippen molar-refractivity contribution < 1.29 is 23.1 Å². The fraction of sp³-hybridized carbons (Fsp3) is 0. The molecule has 5 nitrogen and oxygen atoms in total. The molecule has 1 aliphatic heterocycles. The third-order valence-electron chi connectivity index (χ3n) is 5.11. The van der Waals surface area contributed by atoms with E-state index in [9.17, 15) is 18.4 Å². The van der Waals surface area contributed by atoms with E-state index < -0.39 is 23.6 Å². The molecule has 0 aliphatic carbocycles. The maximum atomic E-state index is 13.8. The van der Waals surface area contributed by atoms with E-state index in [0.717, 1.165) is 0 Å². The number of hydrogen-bond acceptors (Lipinski definition) is 3. The van der Waals surface area contributed by atoms with Gasteiger partial charge in [-0.2, -0.15) is 0 Å². The average Bonchev–Trinajstić information content (AvgIpc) is 3.26. The molecule has 3 heterocycles. The van der Waals surface area contributed by atoms with Crippen molar-refractivity contribution in [3.63, 3.8) is 0 Å². The van der Waals surface area contributed by atoms with Gasteiger partial charge < -0.3 is 14.7 Å². The molecular formula is C20H8F2N2O3. The highest BCUT2D eigenvalue weighted by molar-refractivity contribution is 6.36. The Hall–Kier alpha value is -3.74. The minimum absolute atomic E-state index is 0.0736. The van der Waals surface area contributed by atoms with Gasteiger partial charge in [0.2, 0.25) is 0 Å². The molecule has 0 spiro atoms. The number of carbonyl (C=O) groups excluding carboxylic acids is 2. The van der Waals surface area contributed by atoms with Crippen molar-refractivity contribution in [3.8, 4) is 0 Å². The average molecular weight is 362 g/mol. The predicted molar refractivity (Wildman–Crippen MR) is 94.8 cm³/mol. The van der Waals surface area contributed by atoms with Crippen molar-refractivity contribution in [2.24, 2.45) is 0 Å². The summed E-state index contributed by atoms with van der Waals surface area (Å²) in [5.74, 6) is -2.52. The molecule has 6 rings (SSSR count). The monoisotopic (exact) mass is 362 g/mol. The van der Waals surface area contributed by atoms with Crippen LogP contribution in [-0.4, -0.2) is 21.9 Å². The molecule has 2 aromatic heterocycles. The Kier molecular flexibility index (Phi) is 2.41. The summed E-state index contributed by atoms with van der Waals surface area (Å²) in [5.41, 5.74) is 2.44. The van der Waals surface area contributed by atoms with E-state index in [1.165, 1.54) is 24.3 Å². The van der Waals surface area contributed by atoms with Crippen LogP contribution in [0.3, 0.4) is 0 Å². The van der Waals surface area contributed by atoms with Crippen molar-refractivity contribution in [1.82, 2.24) is 9.97 Å². The molecule has 0 atom stereocenters. The molecule has 5 aromatic rings. The standard InChI is InChI=1S/C20H8F2N2O3/c21-7-1-3-11-9(5-7)13-15-16(20(26)27-19(15)25)14-10-6-8(22)2-4-12(10)24-18(14)17(13)23-11/h1-6,23-24H. The van der Waals surface area contributed by atoms with Gasteiger partial charge in [-0.1, -0.05) is 0 Å². The Morgan fingerprint density at radius 2 is 1.15 bits per heavy atom. The molecule has 27 heavy (non-hydrogen) atoms. The highest BCUT2D eigenvalue weighted by atomic mass is 19.1. The molecule has 0 amide bonds. The fourth-order valence-corrected chi connectivity index (χ4v) is 4.07. The van der Waals surface area contributed by atoms with E-state index in [2.05, 4.69) is 9.97 Å². The number of carbonyl (C=O) groups is 2. The van der Waals surface area contributed by atoms with Crippen molar-refractivity contribution in [2.75, 3.05) is 0 Å². The van der Waals surface area contributed by atoms with Crippen LogP contribution in [0.15, 0.2) is 36.4 Å². The number of benzene rings is 3. The van der Waals surface area contributed by atoms with Crippen LogP contribution in [-0.2, 0) is 4.74 Å².